The summed E-state index contributed by atoms with van der Waals surface area (Å²) in [7, 11) is 0. The summed E-state index contributed by atoms with van der Waals surface area (Å²) in [5.41, 5.74) is 2.10. The number of rotatable bonds is 9. The maximum absolute atomic E-state index is 5.49. The molecule has 0 amide bonds. The van der Waals surface area contributed by atoms with Gasteiger partial charge < -0.3 is 14.2 Å². The molecule has 3 aromatic heterocycles. The second-order valence-corrected chi connectivity index (χ2v) is 10.9. The minimum atomic E-state index is 0. The van der Waals surface area contributed by atoms with E-state index < -0.39 is 0 Å². The molecule has 3 rings (SSSR count). The maximum Gasteiger partial charge on any atom is 0.232 e. The molecule has 8 heteroatoms. The van der Waals surface area contributed by atoms with Crippen LogP contribution in [0.2, 0.25) is 0 Å². The lowest BCUT2D eigenvalue weighted by Crippen LogP contribution is -2.07. The fraction of sp³-hybridized carbons (Fsp3) is 0.658. The monoisotopic (exact) mass is 646 g/mol. The molecule has 0 aromatic carbocycles. The van der Waals surface area contributed by atoms with Gasteiger partial charge in [-0.05, 0) is 65.5 Å². The van der Waals surface area contributed by atoms with Gasteiger partial charge >= 0.3 is 0 Å². The van der Waals surface area contributed by atoms with E-state index in [9.17, 15) is 0 Å². The molecule has 0 unspecified atom stereocenters. The topological polar surface area (TPSA) is 92.1 Å². The van der Waals surface area contributed by atoms with Crippen molar-refractivity contribution in [2.75, 3.05) is 0 Å². The van der Waals surface area contributed by atoms with Crippen molar-refractivity contribution in [3.63, 3.8) is 0 Å². The summed E-state index contributed by atoms with van der Waals surface area (Å²) in [6, 6.07) is 3.99. The Kier molecular flexibility index (Phi) is 32.7. The lowest BCUT2D eigenvalue weighted by atomic mass is 10.1. The third-order valence-corrected chi connectivity index (χ3v) is 4.85. The van der Waals surface area contributed by atoms with Gasteiger partial charge in [0.25, 0.3) is 0 Å². The zero-order valence-corrected chi connectivity index (χ0v) is 32.0. The molecule has 3 heterocycles. The smallest absolute Gasteiger partial charge is 0.232 e. The Morgan fingerprint density at radius 2 is 0.826 bits per heavy atom. The third kappa shape index (κ3) is 25.0. The largest absolute Gasteiger partial charge is 0.489 e. The number of hydrogen-bond donors (Lipinski definition) is 0. The second kappa shape index (κ2) is 30.4. The van der Waals surface area contributed by atoms with Crippen LogP contribution in [0.15, 0.2) is 43.1 Å². The average Bonchev–Trinajstić information content (AvgIpc) is 3.01. The van der Waals surface area contributed by atoms with Crippen LogP contribution in [0.5, 0.6) is 17.4 Å². The maximum atomic E-state index is 5.49. The highest BCUT2D eigenvalue weighted by Gasteiger charge is 2.05. The van der Waals surface area contributed by atoms with E-state index >= 15 is 0 Å². The van der Waals surface area contributed by atoms with Crippen molar-refractivity contribution in [1.29, 1.82) is 0 Å². The van der Waals surface area contributed by atoms with E-state index in [1.54, 1.807) is 31.0 Å². The van der Waals surface area contributed by atoms with Crippen LogP contribution >= 0.6 is 0 Å². The van der Waals surface area contributed by atoms with Crippen LogP contribution in [-0.2, 0) is 0 Å². The Morgan fingerprint density at radius 3 is 1.15 bits per heavy atom. The number of nitrogens with zero attached hydrogens (tertiary/aromatic N) is 5. The predicted octanol–water partition coefficient (Wildman–Crippen LogP) is 11.5. The zero-order valence-electron chi connectivity index (χ0n) is 32.0. The van der Waals surface area contributed by atoms with E-state index in [0.717, 1.165) is 28.7 Å². The Hall–Kier alpha value is -3.29. The molecular weight excluding hydrogens is 574 g/mol. The fourth-order valence-corrected chi connectivity index (χ4v) is 2.96. The summed E-state index contributed by atoms with van der Waals surface area (Å²) in [6.07, 6.45) is 9.22. The lowest BCUT2D eigenvalue weighted by molar-refractivity contribution is 0.231. The number of aromatic nitrogens is 5. The first kappa shape index (κ1) is 49.6. The van der Waals surface area contributed by atoms with Crippen LogP contribution in [0.4, 0.5) is 0 Å². The van der Waals surface area contributed by atoms with Crippen molar-refractivity contribution in [3.8, 4) is 17.4 Å². The predicted molar refractivity (Wildman–Crippen MR) is 199 cm³/mol. The highest BCUT2D eigenvalue weighted by atomic mass is 16.5. The minimum Gasteiger partial charge on any atom is -0.489 e. The van der Waals surface area contributed by atoms with Gasteiger partial charge in [0.1, 0.15) is 11.6 Å². The summed E-state index contributed by atoms with van der Waals surface area (Å²) in [6.45, 7) is 36.5. The molecule has 0 saturated carbocycles. The van der Waals surface area contributed by atoms with E-state index in [4.69, 9.17) is 14.2 Å². The van der Waals surface area contributed by atoms with E-state index in [1.165, 1.54) is 0 Å². The molecule has 0 saturated heterocycles. The van der Waals surface area contributed by atoms with Gasteiger partial charge in [-0.15, -0.1) is 0 Å². The van der Waals surface area contributed by atoms with Crippen molar-refractivity contribution >= 4 is 0 Å². The van der Waals surface area contributed by atoms with Crippen molar-refractivity contribution in [3.05, 3.63) is 60.3 Å². The summed E-state index contributed by atoms with van der Waals surface area (Å²) < 4.78 is 16.3. The van der Waals surface area contributed by atoms with Crippen LogP contribution in [-0.4, -0.2) is 43.2 Å². The van der Waals surface area contributed by atoms with Gasteiger partial charge in [0, 0.05) is 11.6 Å². The molecule has 0 radical (unpaired) electrons. The number of ether oxygens (including phenoxy) is 3. The molecule has 0 N–H and O–H groups in total. The van der Waals surface area contributed by atoms with Gasteiger partial charge in [-0.25, -0.2) is 15.0 Å². The highest BCUT2D eigenvalue weighted by Crippen LogP contribution is 2.16. The summed E-state index contributed by atoms with van der Waals surface area (Å²) in [5.74, 6) is 4.30. The summed E-state index contributed by atoms with van der Waals surface area (Å²) in [5, 5.41) is 0. The van der Waals surface area contributed by atoms with E-state index in [2.05, 4.69) is 66.5 Å². The molecule has 0 aliphatic rings. The van der Waals surface area contributed by atoms with E-state index in [1.807, 2.05) is 95.2 Å². The van der Waals surface area contributed by atoms with Crippen LogP contribution in [0.3, 0.4) is 0 Å². The van der Waals surface area contributed by atoms with Crippen LogP contribution < -0.4 is 14.2 Å². The van der Waals surface area contributed by atoms with Crippen LogP contribution in [0.25, 0.3) is 0 Å². The first-order valence-corrected chi connectivity index (χ1v) is 16.9. The van der Waals surface area contributed by atoms with Gasteiger partial charge in [0.05, 0.1) is 55.0 Å². The standard InChI is InChI=1S/C11H17NO.2C10H16N2O.3C2H6.CH4/c1-8(2)11-6-5-10(7-12-11)13-9(3)4;1-7(2)9-5-12-10(6-11-9)13-8(3)4;1-7(2)10-11-5-9(6-12-10)13-8(3)4;3*1-2;/h5-9H,1-4H3;2*5-8H,1-4H3;3*1-2H3;1H4. The Bertz CT molecular complexity index is 899. The van der Waals surface area contributed by atoms with Gasteiger partial charge in [-0.3, -0.25) is 9.97 Å². The van der Waals surface area contributed by atoms with E-state index in [0.29, 0.717) is 23.6 Å². The molecule has 0 spiro atoms. The Labute approximate surface area is 284 Å². The highest BCUT2D eigenvalue weighted by molar-refractivity contribution is 5.21. The van der Waals surface area contributed by atoms with Crippen LogP contribution in [0, 0.1) is 0 Å². The van der Waals surface area contributed by atoms with Crippen molar-refractivity contribution in [2.45, 2.75) is 168 Å². The van der Waals surface area contributed by atoms with Crippen LogP contribution in [0.1, 0.15) is 167 Å². The van der Waals surface area contributed by atoms with Gasteiger partial charge in [0.2, 0.25) is 5.88 Å². The lowest BCUT2D eigenvalue weighted by Gasteiger charge is -2.10. The van der Waals surface area contributed by atoms with Gasteiger partial charge in [-0.1, -0.05) is 90.5 Å². The molecule has 0 fully saturated rings. The molecule has 0 aliphatic carbocycles. The molecule has 0 bridgehead atoms. The summed E-state index contributed by atoms with van der Waals surface area (Å²) >= 11 is 0. The first-order chi connectivity index (χ1) is 21.3. The number of hydrogen-bond acceptors (Lipinski definition) is 8. The zero-order chi connectivity index (χ0) is 35.5. The molecule has 8 nitrogen and oxygen atoms in total. The molecular formula is C38H71N5O3. The second-order valence-electron chi connectivity index (χ2n) is 10.9. The molecule has 46 heavy (non-hydrogen) atoms. The normalized spacial score (nSPS) is 9.65. The number of pyridine rings is 1. The average molecular weight is 646 g/mol. The Balaban J connectivity index is -0.000000262. The molecule has 3 aromatic rings. The quantitative estimate of drug-likeness (QED) is 0.227. The SMILES string of the molecule is C.CC.CC.CC.CC(C)Oc1ccc(C(C)C)nc1.CC(C)Oc1cnc(C(C)C)cn1.CC(C)Oc1cnc(C(C)C)nc1. The van der Waals surface area contributed by atoms with Crippen molar-refractivity contribution < 1.29 is 14.2 Å². The first-order valence-electron chi connectivity index (χ1n) is 16.9. The van der Waals surface area contributed by atoms with Crippen molar-refractivity contribution in [1.82, 2.24) is 24.9 Å². The third-order valence-electron chi connectivity index (χ3n) is 4.85. The van der Waals surface area contributed by atoms with E-state index in [-0.39, 0.29) is 25.7 Å². The molecule has 0 aliphatic heterocycles. The molecule has 266 valence electrons. The summed E-state index contributed by atoms with van der Waals surface area (Å²) in [4.78, 5) is 21.1. The fourth-order valence-electron chi connectivity index (χ4n) is 2.96. The minimum absolute atomic E-state index is 0. The Morgan fingerprint density at radius 1 is 0.413 bits per heavy atom. The van der Waals surface area contributed by atoms with Gasteiger partial charge in [-0.2, -0.15) is 0 Å². The van der Waals surface area contributed by atoms with Crippen molar-refractivity contribution in [2.24, 2.45) is 0 Å². The molecule has 0 atom stereocenters. The van der Waals surface area contributed by atoms with Gasteiger partial charge in [0.15, 0.2) is 5.75 Å².